The molecule has 1 heterocycles. The third-order valence-electron chi connectivity index (χ3n) is 3.14. The van der Waals surface area contributed by atoms with Crippen molar-refractivity contribution in [3.05, 3.63) is 76.8 Å². The Balaban J connectivity index is 1.68. The summed E-state index contributed by atoms with van der Waals surface area (Å²) in [4.78, 5) is 20.2. The molecule has 2 N–H and O–H groups in total. The van der Waals surface area contributed by atoms with Crippen molar-refractivity contribution in [2.75, 3.05) is 10.6 Å². The van der Waals surface area contributed by atoms with E-state index in [1.54, 1.807) is 30.3 Å². The fourth-order valence-electron chi connectivity index (χ4n) is 1.93. The Bertz CT molecular complexity index is 853. The molecule has 120 valence electrons. The number of anilines is 3. The summed E-state index contributed by atoms with van der Waals surface area (Å²) >= 11 is 3.33. The van der Waals surface area contributed by atoms with Gasteiger partial charge in [0.05, 0.1) is 11.3 Å². The lowest BCUT2D eigenvalue weighted by molar-refractivity contribution is 0.102. The molecular formula is C17H12BrFN4O. The van der Waals surface area contributed by atoms with Gasteiger partial charge in [0.1, 0.15) is 5.82 Å². The number of halogens is 2. The number of para-hydroxylation sites is 1. The minimum atomic E-state index is -0.404. The maximum absolute atomic E-state index is 13.6. The first-order valence-electron chi connectivity index (χ1n) is 7.02. The SMILES string of the molecule is O=C(Nc1ccc(Br)cc1)c1cnc(Nc2ccccc2F)nc1. The predicted molar refractivity (Wildman–Crippen MR) is 93.8 cm³/mol. The van der Waals surface area contributed by atoms with Crippen LogP contribution in [0.3, 0.4) is 0 Å². The molecule has 1 aromatic heterocycles. The van der Waals surface area contributed by atoms with Crippen LogP contribution in [0.1, 0.15) is 10.4 Å². The Labute approximate surface area is 146 Å². The summed E-state index contributed by atoms with van der Waals surface area (Å²) in [5.41, 5.74) is 1.23. The highest BCUT2D eigenvalue weighted by Gasteiger charge is 2.09. The molecule has 3 rings (SSSR count). The van der Waals surface area contributed by atoms with Gasteiger partial charge in [0.15, 0.2) is 0 Å². The number of nitrogens with one attached hydrogen (secondary N) is 2. The lowest BCUT2D eigenvalue weighted by atomic mass is 10.3. The molecule has 5 nitrogen and oxygen atoms in total. The number of amides is 1. The fourth-order valence-corrected chi connectivity index (χ4v) is 2.19. The van der Waals surface area contributed by atoms with Crippen LogP contribution in [0.2, 0.25) is 0 Å². The highest BCUT2D eigenvalue weighted by molar-refractivity contribution is 9.10. The summed E-state index contributed by atoms with van der Waals surface area (Å²) in [5.74, 6) is -0.520. The van der Waals surface area contributed by atoms with E-state index in [0.29, 0.717) is 11.3 Å². The topological polar surface area (TPSA) is 66.9 Å². The molecule has 0 saturated heterocycles. The molecule has 24 heavy (non-hydrogen) atoms. The highest BCUT2D eigenvalue weighted by atomic mass is 79.9. The smallest absolute Gasteiger partial charge is 0.258 e. The van der Waals surface area contributed by atoms with E-state index in [9.17, 15) is 9.18 Å². The fraction of sp³-hybridized carbons (Fsp3) is 0. The Morgan fingerprint density at radius 2 is 1.67 bits per heavy atom. The van der Waals surface area contributed by atoms with Crippen LogP contribution in [0.4, 0.5) is 21.7 Å². The van der Waals surface area contributed by atoms with Gasteiger partial charge < -0.3 is 10.6 Å². The van der Waals surface area contributed by atoms with Gasteiger partial charge in [0.2, 0.25) is 5.95 Å². The molecule has 2 aromatic carbocycles. The number of carbonyl (C=O) groups excluding carboxylic acids is 1. The molecule has 7 heteroatoms. The number of carbonyl (C=O) groups is 1. The summed E-state index contributed by atoms with van der Waals surface area (Å²) in [7, 11) is 0. The van der Waals surface area contributed by atoms with E-state index in [4.69, 9.17) is 0 Å². The number of hydrogen-bond acceptors (Lipinski definition) is 4. The molecule has 0 bridgehead atoms. The zero-order valence-electron chi connectivity index (χ0n) is 12.3. The number of rotatable bonds is 4. The Kier molecular flexibility index (Phi) is 4.81. The third kappa shape index (κ3) is 3.94. The maximum atomic E-state index is 13.6. The summed E-state index contributed by atoms with van der Waals surface area (Å²) in [6, 6.07) is 13.4. The van der Waals surface area contributed by atoms with Crippen LogP contribution in [-0.4, -0.2) is 15.9 Å². The number of hydrogen-bond donors (Lipinski definition) is 2. The van der Waals surface area contributed by atoms with Gasteiger partial charge in [-0.3, -0.25) is 4.79 Å². The Morgan fingerprint density at radius 3 is 2.33 bits per heavy atom. The normalized spacial score (nSPS) is 10.2. The summed E-state index contributed by atoms with van der Waals surface area (Å²) in [5, 5.41) is 5.50. The first kappa shape index (κ1) is 16.1. The lowest BCUT2D eigenvalue weighted by Gasteiger charge is -2.07. The van der Waals surface area contributed by atoms with Crippen molar-refractivity contribution < 1.29 is 9.18 Å². The van der Waals surface area contributed by atoms with Crippen LogP contribution in [0, 0.1) is 5.82 Å². The summed E-state index contributed by atoms with van der Waals surface area (Å²) < 4.78 is 14.5. The molecule has 3 aromatic rings. The second-order valence-corrected chi connectivity index (χ2v) is 5.78. The first-order chi connectivity index (χ1) is 11.6. The van der Waals surface area contributed by atoms with E-state index < -0.39 is 5.82 Å². The number of aromatic nitrogens is 2. The van der Waals surface area contributed by atoms with Crippen LogP contribution in [0.25, 0.3) is 0 Å². The largest absolute Gasteiger partial charge is 0.322 e. The monoisotopic (exact) mass is 386 g/mol. The van der Waals surface area contributed by atoms with Gasteiger partial charge in [-0.25, -0.2) is 14.4 Å². The van der Waals surface area contributed by atoms with Gasteiger partial charge in [-0.05, 0) is 36.4 Å². The zero-order chi connectivity index (χ0) is 16.9. The molecule has 0 spiro atoms. The quantitative estimate of drug-likeness (QED) is 0.698. The van der Waals surface area contributed by atoms with Gasteiger partial charge in [-0.15, -0.1) is 0 Å². The molecule has 0 aliphatic rings. The van der Waals surface area contributed by atoms with Crippen molar-refractivity contribution >= 4 is 39.2 Å². The molecule has 0 radical (unpaired) electrons. The number of benzene rings is 2. The van der Waals surface area contributed by atoms with E-state index in [0.717, 1.165) is 4.47 Å². The van der Waals surface area contributed by atoms with Crippen molar-refractivity contribution in [2.45, 2.75) is 0 Å². The standard InChI is InChI=1S/C17H12BrFN4O/c18-12-5-7-13(8-6-12)22-16(24)11-9-20-17(21-10-11)23-15-4-2-1-3-14(15)19/h1-10H,(H,22,24)(H,20,21,23). The van der Waals surface area contributed by atoms with Gasteiger partial charge >= 0.3 is 0 Å². The molecule has 0 fully saturated rings. The average Bonchev–Trinajstić information content (AvgIpc) is 2.59. The van der Waals surface area contributed by atoms with E-state index in [1.165, 1.54) is 18.5 Å². The second-order valence-electron chi connectivity index (χ2n) is 4.86. The van der Waals surface area contributed by atoms with Crippen LogP contribution < -0.4 is 10.6 Å². The van der Waals surface area contributed by atoms with Gasteiger partial charge in [-0.2, -0.15) is 0 Å². The lowest BCUT2D eigenvalue weighted by Crippen LogP contribution is -2.13. The summed E-state index contributed by atoms with van der Waals surface area (Å²) in [6.07, 6.45) is 2.76. The molecule has 0 atom stereocenters. The van der Waals surface area contributed by atoms with Gasteiger partial charge in [-0.1, -0.05) is 28.1 Å². The van der Waals surface area contributed by atoms with E-state index >= 15 is 0 Å². The first-order valence-corrected chi connectivity index (χ1v) is 7.81. The molecule has 0 unspecified atom stereocenters. The highest BCUT2D eigenvalue weighted by Crippen LogP contribution is 2.17. The van der Waals surface area contributed by atoms with Crippen molar-refractivity contribution in [1.82, 2.24) is 9.97 Å². The third-order valence-corrected chi connectivity index (χ3v) is 3.67. The number of nitrogens with zero attached hydrogens (tertiary/aromatic N) is 2. The minimum Gasteiger partial charge on any atom is -0.322 e. The molecule has 0 aliphatic carbocycles. The van der Waals surface area contributed by atoms with Gasteiger partial charge in [0, 0.05) is 22.6 Å². The molecular weight excluding hydrogens is 375 g/mol. The van der Waals surface area contributed by atoms with Crippen LogP contribution in [-0.2, 0) is 0 Å². The Morgan fingerprint density at radius 1 is 1.00 bits per heavy atom. The van der Waals surface area contributed by atoms with Crippen molar-refractivity contribution in [2.24, 2.45) is 0 Å². The van der Waals surface area contributed by atoms with E-state index in [1.807, 2.05) is 12.1 Å². The van der Waals surface area contributed by atoms with E-state index in [2.05, 4.69) is 36.5 Å². The molecule has 0 saturated carbocycles. The maximum Gasteiger partial charge on any atom is 0.258 e. The second kappa shape index (κ2) is 7.18. The van der Waals surface area contributed by atoms with Crippen molar-refractivity contribution in [1.29, 1.82) is 0 Å². The van der Waals surface area contributed by atoms with Crippen LogP contribution >= 0.6 is 15.9 Å². The van der Waals surface area contributed by atoms with Crippen LogP contribution in [0.5, 0.6) is 0 Å². The summed E-state index contributed by atoms with van der Waals surface area (Å²) in [6.45, 7) is 0. The van der Waals surface area contributed by atoms with Crippen molar-refractivity contribution in [3.63, 3.8) is 0 Å². The Hall–Kier alpha value is -2.80. The van der Waals surface area contributed by atoms with Crippen molar-refractivity contribution in [3.8, 4) is 0 Å². The zero-order valence-corrected chi connectivity index (χ0v) is 13.9. The van der Waals surface area contributed by atoms with Gasteiger partial charge in [0.25, 0.3) is 5.91 Å². The average molecular weight is 387 g/mol. The molecule has 1 amide bonds. The minimum absolute atomic E-state index is 0.209. The van der Waals surface area contributed by atoms with Crippen LogP contribution in [0.15, 0.2) is 65.4 Å². The van der Waals surface area contributed by atoms with E-state index in [-0.39, 0.29) is 17.5 Å². The predicted octanol–water partition coefficient (Wildman–Crippen LogP) is 4.37. The molecule has 0 aliphatic heterocycles.